The van der Waals surface area contributed by atoms with Crippen LogP contribution in [0.4, 0.5) is 20.6 Å². The number of amides is 2. The van der Waals surface area contributed by atoms with Crippen LogP contribution in [0.15, 0.2) is 66.7 Å². The number of aryl methyl sites for hydroxylation is 2. The third kappa shape index (κ3) is 4.38. The van der Waals surface area contributed by atoms with Crippen LogP contribution in [0.2, 0.25) is 0 Å². The molecule has 5 heteroatoms. The Morgan fingerprint density at radius 1 is 0.970 bits per heavy atom. The van der Waals surface area contributed by atoms with E-state index in [1.54, 1.807) is 12.1 Å². The summed E-state index contributed by atoms with van der Waals surface area (Å²) in [5.74, 6) is -0.184. The van der Waals surface area contributed by atoms with E-state index in [1.807, 2.05) is 42.2 Å². The average molecular weight is 444 g/mol. The lowest BCUT2D eigenvalue weighted by atomic mass is 9.74. The minimum Gasteiger partial charge on any atom is -0.308 e. The number of carbonyl (C=O) groups is 1. The van der Waals surface area contributed by atoms with Gasteiger partial charge in [0.05, 0.1) is 0 Å². The summed E-state index contributed by atoms with van der Waals surface area (Å²) in [6, 6.07) is 21.1. The number of nitrogens with zero attached hydrogens (tertiary/aromatic N) is 2. The first kappa shape index (κ1) is 21.7. The number of urea groups is 1. The van der Waals surface area contributed by atoms with Crippen molar-refractivity contribution in [1.82, 2.24) is 4.90 Å². The van der Waals surface area contributed by atoms with Gasteiger partial charge >= 0.3 is 6.03 Å². The molecule has 1 spiro atoms. The van der Waals surface area contributed by atoms with Crippen molar-refractivity contribution in [1.29, 1.82) is 0 Å². The summed E-state index contributed by atoms with van der Waals surface area (Å²) in [6.45, 7) is 7.45. The number of hydrogen-bond acceptors (Lipinski definition) is 2. The molecule has 0 radical (unpaired) electrons. The Morgan fingerprint density at radius 3 is 2.42 bits per heavy atom. The molecule has 2 heterocycles. The van der Waals surface area contributed by atoms with Crippen molar-refractivity contribution in [2.75, 3.05) is 29.9 Å². The maximum Gasteiger partial charge on any atom is 0.326 e. The molecule has 0 unspecified atom stereocenters. The Balaban J connectivity index is 1.34. The SMILES string of the molecule is Cc1ccc(NC(=O)N2CC3(CCN(Cc4cccc(F)c4)CC3)c3cc(C)ccc32)cc1. The number of halogens is 1. The Morgan fingerprint density at radius 2 is 1.70 bits per heavy atom. The van der Waals surface area contributed by atoms with Crippen LogP contribution in [0.5, 0.6) is 0 Å². The molecule has 1 fully saturated rings. The Hall–Kier alpha value is -3.18. The van der Waals surface area contributed by atoms with Crippen LogP contribution >= 0.6 is 0 Å². The van der Waals surface area contributed by atoms with E-state index in [4.69, 9.17) is 0 Å². The number of hydrogen-bond donors (Lipinski definition) is 1. The zero-order valence-corrected chi connectivity index (χ0v) is 19.3. The Kier molecular flexibility index (Phi) is 5.67. The van der Waals surface area contributed by atoms with Crippen molar-refractivity contribution in [3.8, 4) is 0 Å². The minimum absolute atomic E-state index is 0.0373. The Bertz CT molecular complexity index is 1170. The normalized spacial score (nSPS) is 17.2. The van der Waals surface area contributed by atoms with E-state index in [1.165, 1.54) is 22.8 Å². The number of carbonyl (C=O) groups excluding carboxylic acids is 1. The Labute approximate surface area is 195 Å². The number of anilines is 2. The molecule has 2 aliphatic heterocycles. The molecule has 1 N–H and O–H groups in total. The third-order valence-corrected chi connectivity index (χ3v) is 7.13. The minimum atomic E-state index is -0.184. The topological polar surface area (TPSA) is 35.6 Å². The summed E-state index contributed by atoms with van der Waals surface area (Å²) in [5.41, 5.74) is 6.47. The highest BCUT2D eigenvalue weighted by atomic mass is 19.1. The van der Waals surface area contributed by atoms with E-state index in [-0.39, 0.29) is 17.3 Å². The van der Waals surface area contributed by atoms with Gasteiger partial charge in [-0.05, 0) is 81.2 Å². The smallest absolute Gasteiger partial charge is 0.308 e. The fourth-order valence-corrected chi connectivity index (χ4v) is 5.25. The van der Waals surface area contributed by atoms with Gasteiger partial charge in [-0.25, -0.2) is 9.18 Å². The fourth-order valence-electron chi connectivity index (χ4n) is 5.25. The van der Waals surface area contributed by atoms with Gasteiger partial charge in [0, 0.05) is 29.9 Å². The molecule has 0 bridgehead atoms. The van der Waals surface area contributed by atoms with Crippen molar-refractivity contribution in [3.63, 3.8) is 0 Å². The number of likely N-dealkylation sites (tertiary alicyclic amines) is 1. The summed E-state index contributed by atoms with van der Waals surface area (Å²) in [6.07, 6.45) is 1.96. The van der Waals surface area contributed by atoms with Crippen LogP contribution in [0.1, 0.15) is 35.1 Å². The summed E-state index contributed by atoms with van der Waals surface area (Å²) >= 11 is 0. The van der Waals surface area contributed by atoms with E-state index < -0.39 is 0 Å². The van der Waals surface area contributed by atoms with Gasteiger partial charge in [-0.2, -0.15) is 0 Å². The van der Waals surface area contributed by atoms with Gasteiger partial charge in [0.1, 0.15) is 5.82 Å². The number of piperidine rings is 1. The molecule has 3 aromatic carbocycles. The molecule has 5 rings (SSSR count). The molecule has 0 aliphatic carbocycles. The standard InChI is InChI=1S/C28H30FN3O/c1-20-6-9-24(10-7-20)30-27(33)32-19-28(25-16-21(2)8-11-26(25)32)12-14-31(15-13-28)18-22-4-3-5-23(29)17-22/h3-11,16-17H,12-15,18-19H2,1-2H3,(H,30,33). The molecule has 0 saturated carbocycles. The molecule has 1 saturated heterocycles. The van der Waals surface area contributed by atoms with Crippen molar-refractivity contribution in [2.45, 2.75) is 38.6 Å². The van der Waals surface area contributed by atoms with Gasteiger partial charge in [-0.3, -0.25) is 9.80 Å². The molecule has 2 aliphatic rings. The second-order valence-corrected chi connectivity index (χ2v) is 9.59. The second-order valence-electron chi connectivity index (χ2n) is 9.59. The lowest BCUT2D eigenvalue weighted by Crippen LogP contribution is -2.46. The fraction of sp³-hybridized carbons (Fsp3) is 0.321. The van der Waals surface area contributed by atoms with Crippen LogP contribution in [-0.4, -0.2) is 30.6 Å². The monoisotopic (exact) mass is 443 g/mol. The molecule has 2 amide bonds. The molecular formula is C28H30FN3O. The van der Waals surface area contributed by atoms with Crippen molar-refractivity contribution in [2.24, 2.45) is 0 Å². The summed E-state index contributed by atoms with van der Waals surface area (Å²) < 4.78 is 13.6. The summed E-state index contributed by atoms with van der Waals surface area (Å²) in [7, 11) is 0. The first-order valence-electron chi connectivity index (χ1n) is 11.7. The first-order valence-corrected chi connectivity index (χ1v) is 11.7. The van der Waals surface area contributed by atoms with E-state index in [0.717, 1.165) is 49.4 Å². The largest absolute Gasteiger partial charge is 0.326 e. The van der Waals surface area contributed by atoms with Crippen molar-refractivity contribution >= 4 is 17.4 Å². The second kappa shape index (κ2) is 8.64. The predicted molar refractivity (Wildman–Crippen MR) is 131 cm³/mol. The highest BCUT2D eigenvalue weighted by Crippen LogP contribution is 2.47. The zero-order chi connectivity index (χ0) is 23.0. The van der Waals surface area contributed by atoms with E-state index in [2.05, 4.69) is 35.3 Å². The van der Waals surface area contributed by atoms with Crippen LogP contribution in [0.3, 0.4) is 0 Å². The maximum atomic E-state index is 13.6. The molecule has 170 valence electrons. The van der Waals surface area contributed by atoms with E-state index in [0.29, 0.717) is 6.54 Å². The van der Waals surface area contributed by atoms with Gasteiger partial charge in [-0.15, -0.1) is 0 Å². The number of fused-ring (bicyclic) bond motifs is 2. The molecule has 33 heavy (non-hydrogen) atoms. The lowest BCUT2D eigenvalue weighted by Gasteiger charge is -2.40. The van der Waals surface area contributed by atoms with Gasteiger partial charge in [0.25, 0.3) is 0 Å². The summed E-state index contributed by atoms with van der Waals surface area (Å²) in [4.78, 5) is 17.6. The first-order chi connectivity index (χ1) is 15.9. The zero-order valence-electron chi connectivity index (χ0n) is 19.3. The molecule has 0 aromatic heterocycles. The average Bonchev–Trinajstić information content (AvgIpc) is 3.10. The third-order valence-electron chi connectivity index (χ3n) is 7.13. The molecule has 3 aromatic rings. The van der Waals surface area contributed by atoms with Gasteiger partial charge in [0.15, 0.2) is 0 Å². The number of benzene rings is 3. The van der Waals surface area contributed by atoms with E-state index >= 15 is 0 Å². The van der Waals surface area contributed by atoms with Gasteiger partial charge in [-0.1, -0.05) is 47.5 Å². The van der Waals surface area contributed by atoms with Crippen LogP contribution in [0.25, 0.3) is 0 Å². The van der Waals surface area contributed by atoms with Crippen molar-refractivity contribution in [3.05, 3.63) is 94.8 Å². The predicted octanol–water partition coefficient (Wildman–Crippen LogP) is 6.03. The van der Waals surface area contributed by atoms with Crippen LogP contribution in [0, 0.1) is 19.7 Å². The number of rotatable bonds is 3. The highest BCUT2D eigenvalue weighted by molar-refractivity contribution is 6.03. The van der Waals surface area contributed by atoms with E-state index in [9.17, 15) is 9.18 Å². The maximum absolute atomic E-state index is 13.6. The number of nitrogens with one attached hydrogen (secondary N) is 1. The summed E-state index contributed by atoms with van der Waals surface area (Å²) in [5, 5.41) is 3.08. The van der Waals surface area contributed by atoms with Gasteiger partial charge in [0.2, 0.25) is 0 Å². The highest BCUT2D eigenvalue weighted by Gasteiger charge is 2.46. The van der Waals surface area contributed by atoms with Crippen LogP contribution in [-0.2, 0) is 12.0 Å². The lowest BCUT2D eigenvalue weighted by molar-refractivity contribution is 0.160. The van der Waals surface area contributed by atoms with Crippen molar-refractivity contribution < 1.29 is 9.18 Å². The quantitative estimate of drug-likeness (QED) is 0.537. The van der Waals surface area contributed by atoms with Gasteiger partial charge < -0.3 is 5.32 Å². The molecule has 4 nitrogen and oxygen atoms in total. The molecular weight excluding hydrogens is 413 g/mol. The molecule has 0 atom stereocenters. The van der Waals surface area contributed by atoms with Crippen LogP contribution < -0.4 is 10.2 Å².